The zero-order valence-electron chi connectivity index (χ0n) is 10.2. The van der Waals surface area contributed by atoms with Crippen LogP contribution in [-0.2, 0) is 0 Å². The summed E-state index contributed by atoms with van der Waals surface area (Å²) in [6.45, 7) is 1.92. The number of hydrogen-bond donors (Lipinski definition) is 1. The van der Waals surface area contributed by atoms with Gasteiger partial charge in [-0.05, 0) is 53.7 Å². The van der Waals surface area contributed by atoms with Crippen LogP contribution < -0.4 is 5.32 Å². The smallest absolute Gasteiger partial charge is 0.142 e. The Morgan fingerprint density at radius 1 is 1.33 bits per heavy atom. The molecule has 0 aliphatic heterocycles. The molecule has 1 unspecified atom stereocenters. The number of benzene rings is 1. The molecule has 2 aromatic rings. The zero-order valence-corrected chi connectivity index (χ0v) is 11.8. The minimum Gasteiger partial charge on any atom is -0.309 e. The van der Waals surface area contributed by atoms with Gasteiger partial charge in [0.1, 0.15) is 5.82 Å². The van der Waals surface area contributed by atoms with Gasteiger partial charge in [-0.2, -0.15) is 0 Å². The van der Waals surface area contributed by atoms with Crippen LogP contribution in [0.2, 0.25) is 0 Å². The van der Waals surface area contributed by atoms with Gasteiger partial charge in [-0.15, -0.1) is 0 Å². The Labute approximate surface area is 114 Å². The average Bonchev–Trinajstić information content (AvgIpc) is 2.35. The molecule has 4 heteroatoms. The predicted molar refractivity (Wildman–Crippen MR) is 74.0 cm³/mol. The molecule has 0 aliphatic carbocycles. The number of rotatable bonds is 3. The summed E-state index contributed by atoms with van der Waals surface area (Å²) >= 11 is 3.22. The Morgan fingerprint density at radius 3 is 2.78 bits per heavy atom. The fourth-order valence-electron chi connectivity index (χ4n) is 1.99. The van der Waals surface area contributed by atoms with E-state index in [-0.39, 0.29) is 11.9 Å². The lowest BCUT2D eigenvalue weighted by molar-refractivity contribution is 0.570. The molecule has 0 saturated carbocycles. The van der Waals surface area contributed by atoms with Crippen LogP contribution in [0.4, 0.5) is 4.39 Å². The van der Waals surface area contributed by atoms with E-state index in [2.05, 4.69) is 26.2 Å². The highest BCUT2D eigenvalue weighted by molar-refractivity contribution is 9.10. The maximum Gasteiger partial charge on any atom is 0.142 e. The molecule has 0 spiro atoms. The fourth-order valence-corrected chi connectivity index (χ4v) is 2.37. The number of nitrogens with one attached hydrogen (secondary N) is 1. The van der Waals surface area contributed by atoms with Gasteiger partial charge < -0.3 is 5.32 Å². The van der Waals surface area contributed by atoms with Gasteiger partial charge in [0.05, 0.1) is 10.5 Å². The van der Waals surface area contributed by atoms with Crippen molar-refractivity contribution in [1.82, 2.24) is 10.3 Å². The lowest BCUT2D eigenvalue weighted by Crippen LogP contribution is -2.19. The summed E-state index contributed by atoms with van der Waals surface area (Å²) in [5, 5.41) is 3.14. The van der Waals surface area contributed by atoms with Crippen molar-refractivity contribution in [2.45, 2.75) is 13.0 Å². The van der Waals surface area contributed by atoms with Crippen LogP contribution in [0, 0.1) is 12.7 Å². The summed E-state index contributed by atoms with van der Waals surface area (Å²) in [5.41, 5.74) is 2.54. The molecule has 0 fully saturated rings. The largest absolute Gasteiger partial charge is 0.309 e. The monoisotopic (exact) mass is 308 g/mol. The summed E-state index contributed by atoms with van der Waals surface area (Å²) < 4.78 is 14.6. The first-order valence-corrected chi connectivity index (χ1v) is 6.46. The molecule has 0 amide bonds. The highest BCUT2D eigenvalue weighted by Gasteiger charge is 2.17. The van der Waals surface area contributed by atoms with Crippen LogP contribution in [0.25, 0.3) is 0 Å². The Kier molecular flexibility index (Phi) is 4.09. The average molecular weight is 309 g/mol. The quantitative estimate of drug-likeness (QED) is 0.937. The van der Waals surface area contributed by atoms with Crippen molar-refractivity contribution >= 4 is 15.9 Å². The van der Waals surface area contributed by atoms with E-state index in [9.17, 15) is 4.39 Å². The number of halogens is 2. The van der Waals surface area contributed by atoms with E-state index in [4.69, 9.17) is 0 Å². The zero-order chi connectivity index (χ0) is 13.1. The normalized spacial score (nSPS) is 12.4. The summed E-state index contributed by atoms with van der Waals surface area (Å²) in [7, 11) is 1.82. The Hall–Kier alpha value is -1.26. The first-order chi connectivity index (χ1) is 8.63. The van der Waals surface area contributed by atoms with Crippen LogP contribution in [0.15, 0.2) is 41.0 Å². The lowest BCUT2D eigenvalue weighted by Gasteiger charge is -2.18. The molecule has 18 heavy (non-hydrogen) atoms. The number of hydrogen-bond acceptors (Lipinski definition) is 2. The Bertz CT molecular complexity index is 557. The standard InChI is InChI=1S/C14H14BrFN2/c1-9-8-10(6-7-18-9)14(17-2)11-4-3-5-12(15)13(11)16/h3-8,14,17H,1-2H3. The minimum absolute atomic E-state index is 0.177. The van der Waals surface area contributed by atoms with E-state index >= 15 is 0 Å². The van der Waals surface area contributed by atoms with Crippen LogP contribution in [-0.4, -0.2) is 12.0 Å². The minimum atomic E-state index is -0.230. The second-order valence-electron chi connectivity index (χ2n) is 4.10. The first kappa shape index (κ1) is 13.2. The molecule has 1 N–H and O–H groups in total. The third-order valence-electron chi connectivity index (χ3n) is 2.84. The molecule has 1 atom stereocenters. The Morgan fingerprint density at radius 2 is 2.11 bits per heavy atom. The van der Waals surface area contributed by atoms with E-state index in [0.29, 0.717) is 10.0 Å². The van der Waals surface area contributed by atoms with E-state index < -0.39 is 0 Å². The molecule has 1 aromatic carbocycles. The van der Waals surface area contributed by atoms with Gasteiger partial charge in [-0.3, -0.25) is 4.98 Å². The van der Waals surface area contributed by atoms with Crippen molar-refractivity contribution in [2.75, 3.05) is 7.05 Å². The molecule has 0 radical (unpaired) electrons. The summed E-state index contributed by atoms with van der Waals surface area (Å²) in [6, 6.07) is 9.00. The van der Waals surface area contributed by atoms with Crippen LogP contribution in [0.3, 0.4) is 0 Å². The van der Waals surface area contributed by atoms with E-state index in [0.717, 1.165) is 11.3 Å². The third kappa shape index (κ3) is 2.60. The third-order valence-corrected chi connectivity index (χ3v) is 3.45. The van der Waals surface area contributed by atoms with Crippen molar-refractivity contribution in [1.29, 1.82) is 0 Å². The molecule has 0 bridgehead atoms. The van der Waals surface area contributed by atoms with E-state index in [1.165, 1.54) is 0 Å². The van der Waals surface area contributed by atoms with Crippen molar-refractivity contribution in [3.05, 3.63) is 63.6 Å². The van der Waals surface area contributed by atoms with Crippen molar-refractivity contribution in [3.63, 3.8) is 0 Å². The highest BCUT2D eigenvalue weighted by Crippen LogP contribution is 2.28. The molecule has 2 nitrogen and oxygen atoms in total. The topological polar surface area (TPSA) is 24.9 Å². The summed E-state index contributed by atoms with van der Waals surface area (Å²) in [4.78, 5) is 4.16. The van der Waals surface area contributed by atoms with Crippen molar-refractivity contribution in [2.24, 2.45) is 0 Å². The molecule has 1 aromatic heterocycles. The SMILES string of the molecule is CNC(c1ccnc(C)c1)c1cccc(Br)c1F. The first-order valence-electron chi connectivity index (χ1n) is 5.67. The molecule has 0 aliphatic rings. The number of pyridine rings is 1. The van der Waals surface area contributed by atoms with Gasteiger partial charge in [-0.1, -0.05) is 12.1 Å². The van der Waals surface area contributed by atoms with Crippen LogP contribution in [0.1, 0.15) is 22.9 Å². The highest BCUT2D eigenvalue weighted by atomic mass is 79.9. The molecular formula is C14H14BrFN2. The van der Waals surface area contributed by atoms with Gasteiger partial charge in [0, 0.05) is 17.5 Å². The van der Waals surface area contributed by atoms with Gasteiger partial charge >= 0.3 is 0 Å². The summed E-state index contributed by atoms with van der Waals surface area (Å²) in [5.74, 6) is -0.230. The fraction of sp³-hybridized carbons (Fsp3) is 0.214. The van der Waals surface area contributed by atoms with E-state index in [1.807, 2.05) is 32.2 Å². The molecule has 2 rings (SSSR count). The number of aromatic nitrogens is 1. The van der Waals surface area contributed by atoms with Gasteiger partial charge in [0.15, 0.2) is 0 Å². The van der Waals surface area contributed by atoms with Crippen LogP contribution in [0.5, 0.6) is 0 Å². The molecule has 0 saturated heterocycles. The van der Waals surface area contributed by atoms with Gasteiger partial charge in [0.2, 0.25) is 0 Å². The van der Waals surface area contributed by atoms with Crippen molar-refractivity contribution in [3.8, 4) is 0 Å². The second-order valence-corrected chi connectivity index (χ2v) is 4.95. The summed E-state index contributed by atoms with van der Waals surface area (Å²) in [6.07, 6.45) is 1.74. The predicted octanol–water partition coefficient (Wildman–Crippen LogP) is 3.60. The van der Waals surface area contributed by atoms with Crippen molar-refractivity contribution < 1.29 is 4.39 Å². The molecule has 94 valence electrons. The lowest BCUT2D eigenvalue weighted by atomic mass is 9.99. The number of nitrogens with zero attached hydrogens (tertiary/aromatic N) is 1. The van der Waals surface area contributed by atoms with Gasteiger partial charge in [0.25, 0.3) is 0 Å². The van der Waals surface area contributed by atoms with E-state index in [1.54, 1.807) is 18.3 Å². The molecular weight excluding hydrogens is 295 g/mol. The van der Waals surface area contributed by atoms with Crippen LogP contribution >= 0.6 is 15.9 Å². The Balaban J connectivity index is 2.49. The molecule has 1 heterocycles. The number of aryl methyl sites for hydroxylation is 1. The maximum absolute atomic E-state index is 14.1. The maximum atomic E-state index is 14.1. The van der Waals surface area contributed by atoms with Gasteiger partial charge in [-0.25, -0.2) is 4.39 Å². The second kappa shape index (κ2) is 5.59.